The highest BCUT2D eigenvalue weighted by molar-refractivity contribution is 5.56. The SMILES string of the molecule is C/C=C/CCNc1ncc(C)cc1[N+](=O)[O-]. The molecule has 1 aromatic heterocycles. The predicted molar refractivity (Wildman–Crippen MR) is 63.5 cm³/mol. The number of aryl methyl sites for hydroxylation is 1. The maximum Gasteiger partial charge on any atom is 0.311 e. The van der Waals surface area contributed by atoms with E-state index < -0.39 is 4.92 Å². The fourth-order valence-electron chi connectivity index (χ4n) is 1.27. The van der Waals surface area contributed by atoms with E-state index in [1.807, 2.05) is 19.1 Å². The topological polar surface area (TPSA) is 68.1 Å². The van der Waals surface area contributed by atoms with Gasteiger partial charge in [0.2, 0.25) is 5.82 Å². The van der Waals surface area contributed by atoms with E-state index in [4.69, 9.17) is 0 Å². The lowest BCUT2D eigenvalue weighted by molar-refractivity contribution is -0.384. The molecule has 0 radical (unpaired) electrons. The van der Waals surface area contributed by atoms with Crippen LogP contribution in [0.2, 0.25) is 0 Å². The van der Waals surface area contributed by atoms with Gasteiger partial charge in [-0.15, -0.1) is 0 Å². The summed E-state index contributed by atoms with van der Waals surface area (Å²) in [6, 6.07) is 1.52. The molecule has 0 fully saturated rings. The van der Waals surface area contributed by atoms with Gasteiger partial charge in [-0.05, 0) is 25.8 Å². The lowest BCUT2D eigenvalue weighted by atomic mass is 10.3. The van der Waals surface area contributed by atoms with E-state index in [0.717, 1.165) is 12.0 Å². The number of allylic oxidation sites excluding steroid dienone is 1. The van der Waals surface area contributed by atoms with Crippen LogP contribution >= 0.6 is 0 Å². The number of rotatable bonds is 5. The van der Waals surface area contributed by atoms with Gasteiger partial charge in [0.05, 0.1) is 4.92 Å². The van der Waals surface area contributed by atoms with Gasteiger partial charge < -0.3 is 5.32 Å². The molecule has 1 N–H and O–H groups in total. The maximum absolute atomic E-state index is 10.8. The Balaban J connectivity index is 2.75. The highest BCUT2D eigenvalue weighted by Crippen LogP contribution is 2.22. The molecule has 5 nitrogen and oxygen atoms in total. The Labute approximate surface area is 94.4 Å². The maximum atomic E-state index is 10.8. The van der Waals surface area contributed by atoms with Gasteiger partial charge in [0.25, 0.3) is 0 Å². The third-order valence-corrected chi connectivity index (χ3v) is 2.04. The van der Waals surface area contributed by atoms with Crippen molar-refractivity contribution in [3.63, 3.8) is 0 Å². The number of nitrogens with zero attached hydrogens (tertiary/aromatic N) is 2. The first-order valence-corrected chi connectivity index (χ1v) is 5.11. The molecule has 1 rings (SSSR count). The third-order valence-electron chi connectivity index (χ3n) is 2.04. The first kappa shape index (κ1) is 12.2. The van der Waals surface area contributed by atoms with Crippen LogP contribution in [0.25, 0.3) is 0 Å². The number of nitrogens with one attached hydrogen (secondary N) is 1. The number of aromatic nitrogens is 1. The molecular weight excluding hydrogens is 206 g/mol. The summed E-state index contributed by atoms with van der Waals surface area (Å²) in [5.74, 6) is 0.333. The normalized spacial score (nSPS) is 10.6. The molecular formula is C11H15N3O2. The summed E-state index contributed by atoms with van der Waals surface area (Å²) in [4.78, 5) is 14.4. The Bertz CT molecular complexity index is 402. The second kappa shape index (κ2) is 5.85. The first-order valence-electron chi connectivity index (χ1n) is 5.11. The van der Waals surface area contributed by atoms with E-state index in [2.05, 4.69) is 10.3 Å². The van der Waals surface area contributed by atoms with E-state index in [1.54, 1.807) is 13.1 Å². The molecule has 0 amide bonds. The average molecular weight is 221 g/mol. The smallest absolute Gasteiger partial charge is 0.311 e. The van der Waals surface area contributed by atoms with Crippen LogP contribution in [0.5, 0.6) is 0 Å². The van der Waals surface area contributed by atoms with Gasteiger partial charge in [-0.1, -0.05) is 12.2 Å². The number of hydrogen-bond acceptors (Lipinski definition) is 4. The van der Waals surface area contributed by atoms with Gasteiger partial charge in [-0.2, -0.15) is 0 Å². The highest BCUT2D eigenvalue weighted by atomic mass is 16.6. The molecule has 0 atom stereocenters. The number of nitro groups is 1. The summed E-state index contributed by atoms with van der Waals surface area (Å²) in [7, 11) is 0. The molecule has 0 aliphatic carbocycles. The van der Waals surface area contributed by atoms with Crippen molar-refractivity contribution in [1.82, 2.24) is 4.98 Å². The molecule has 0 aromatic carbocycles. The lowest BCUT2D eigenvalue weighted by Gasteiger charge is -2.04. The van der Waals surface area contributed by atoms with Crippen molar-refractivity contribution in [1.29, 1.82) is 0 Å². The van der Waals surface area contributed by atoms with Crippen molar-refractivity contribution in [2.75, 3.05) is 11.9 Å². The van der Waals surface area contributed by atoms with Crippen LogP contribution in [0, 0.1) is 17.0 Å². The predicted octanol–water partition coefficient (Wildman–Crippen LogP) is 2.68. The molecule has 5 heteroatoms. The van der Waals surface area contributed by atoms with E-state index in [1.165, 1.54) is 6.07 Å². The van der Waals surface area contributed by atoms with Gasteiger partial charge in [-0.3, -0.25) is 10.1 Å². The molecule has 0 saturated carbocycles. The number of pyridine rings is 1. The van der Waals surface area contributed by atoms with E-state index in [-0.39, 0.29) is 5.69 Å². The molecule has 1 aromatic rings. The minimum absolute atomic E-state index is 0.0282. The fraction of sp³-hybridized carbons (Fsp3) is 0.364. The average Bonchev–Trinajstić information content (AvgIpc) is 2.26. The summed E-state index contributed by atoms with van der Waals surface area (Å²) in [6.45, 7) is 4.36. The van der Waals surface area contributed by atoms with Crippen LogP contribution in [0.1, 0.15) is 18.9 Å². The standard InChI is InChI=1S/C11H15N3O2/c1-3-4-5-6-12-11-10(14(15)16)7-9(2)8-13-11/h3-4,7-8H,5-6H2,1-2H3,(H,12,13)/b4-3+. The largest absolute Gasteiger partial charge is 0.364 e. The highest BCUT2D eigenvalue weighted by Gasteiger charge is 2.14. The van der Waals surface area contributed by atoms with Crippen molar-refractivity contribution in [2.24, 2.45) is 0 Å². The van der Waals surface area contributed by atoms with Crippen molar-refractivity contribution in [3.8, 4) is 0 Å². The zero-order chi connectivity index (χ0) is 12.0. The molecule has 1 heterocycles. The van der Waals surface area contributed by atoms with Gasteiger partial charge >= 0.3 is 5.69 Å². The van der Waals surface area contributed by atoms with Crippen LogP contribution in [0.15, 0.2) is 24.4 Å². The van der Waals surface area contributed by atoms with Crippen LogP contribution in [-0.2, 0) is 0 Å². The Kier molecular flexibility index (Phi) is 4.44. The summed E-state index contributed by atoms with van der Waals surface area (Å²) in [5, 5.41) is 13.7. The molecule has 86 valence electrons. The molecule has 0 unspecified atom stereocenters. The summed E-state index contributed by atoms with van der Waals surface area (Å²) in [6.07, 6.45) is 6.37. The van der Waals surface area contributed by atoms with Crippen molar-refractivity contribution in [3.05, 3.63) is 40.1 Å². The molecule has 0 bridgehead atoms. The van der Waals surface area contributed by atoms with Crippen molar-refractivity contribution in [2.45, 2.75) is 20.3 Å². The van der Waals surface area contributed by atoms with Crippen LogP contribution in [-0.4, -0.2) is 16.5 Å². The Morgan fingerprint density at radius 1 is 1.62 bits per heavy atom. The first-order chi connectivity index (χ1) is 7.65. The van der Waals surface area contributed by atoms with Crippen molar-refractivity contribution < 1.29 is 4.92 Å². The van der Waals surface area contributed by atoms with Crippen LogP contribution < -0.4 is 5.32 Å². The van der Waals surface area contributed by atoms with Gasteiger partial charge in [0.15, 0.2) is 0 Å². The van der Waals surface area contributed by atoms with E-state index in [9.17, 15) is 10.1 Å². The minimum atomic E-state index is -0.419. The summed E-state index contributed by atoms with van der Waals surface area (Å²) < 4.78 is 0. The molecule has 0 saturated heterocycles. The minimum Gasteiger partial charge on any atom is -0.364 e. The molecule has 0 spiro atoms. The second-order valence-electron chi connectivity index (χ2n) is 3.42. The van der Waals surface area contributed by atoms with E-state index >= 15 is 0 Å². The lowest BCUT2D eigenvalue weighted by Crippen LogP contribution is -2.05. The monoisotopic (exact) mass is 221 g/mol. The zero-order valence-corrected chi connectivity index (χ0v) is 9.43. The molecule has 0 aliphatic heterocycles. The Morgan fingerprint density at radius 2 is 2.38 bits per heavy atom. The Morgan fingerprint density at radius 3 is 3.00 bits per heavy atom. The Hall–Kier alpha value is -1.91. The second-order valence-corrected chi connectivity index (χ2v) is 3.42. The van der Waals surface area contributed by atoms with Gasteiger partial charge in [0, 0.05) is 18.8 Å². The van der Waals surface area contributed by atoms with Crippen molar-refractivity contribution >= 4 is 11.5 Å². The zero-order valence-electron chi connectivity index (χ0n) is 9.43. The van der Waals surface area contributed by atoms with Crippen LogP contribution in [0.4, 0.5) is 11.5 Å². The molecule has 16 heavy (non-hydrogen) atoms. The quantitative estimate of drug-likeness (QED) is 0.359. The number of hydrogen-bond donors (Lipinski definition) is 1. The summed E-state index contributed by atoms with van der Waals surface area (Å²) >= 11 is 0. The third kappa shape index (κ3) is 3.34. The van der Waals surface area contributed by atoms with Gasteiger partial charge in [-0.25, -0.2) is 4.98 Å². The van der Waals surface area contributed by atoms with E-state index in [0.29, 0.717) is 12.4 Å². The molecule has 0 aliphatic rings. The fourth-order valence-corrected chi connectivity index (χ4v) is 1.27. The van der Waals surface area contributed by atoms with Gasteiger partial charge in [0.1, 0.15) is 0 Å². The summed E-state index contributed by atoms with van der Waals surface area (Å²) in [5.41, 5.74) is 0.811. The number of anilines is 1. The van der Waals surface area contributed by atoms with Crippen LogP contribution in [0.3, 0.4) is 0 Å².